The molecule has 0 aliphatic carbocycles. The van der Waals surface area contributed by atoms with Crippen LogP contribution in [0.15, 0.2) is 11.6 Å². The lowest BCUT2D eigenvalue weighted by Gasteiger charge is -2.41. The number of carbonyl (C=O) groups excluding carboxylic acids is 5. The fourth-order valence-corrected chi connectivity index (χ4v) is 7.15. The van der Waals surface area contributed by atoms with E-state index in [4.69, 9.17) is 4.74 Å². The first-order chi connectivity index (χ1) is 22.5. The molecule has 4 unspecified atom stereocenters. The molecule has 2 heterocycles. The standard InChI is InChI=1S/C36H63N5O6S/c1-12-47-35(46)26(18-21-48-11)37-31(42)28-17-15-20-41(28)33(44)25(6)22-29(23(2)3)39(10)34(45)30(36(7,8)9)38-32(43)27-16-13-14-19-40(27)24(4)5/h22-24,26-30H,12-21H2,1-11H3,(H,37,42)(H,38,43)/b25-22+/t26?,27-,28?,29?,30?/m1/s1. The van der Waals surface area contributed by atoms with E-state index in [0.717, 1.165) is 25.8 Å². The Hall–Kier alpha value is -2.60. The summed E-state index contributed by atoms with van der Waals surface area (Å²) in [6.45, 7) is 19.0. The first-order valence-electron chi connectivity index (χ1n) is 17.7. The van der Waals surface area contributed by atoms with Gasteiger partial charge in [-0.2, -0.15) is 11.8 Å². The molecule has 0 saturated carbocycles. The quantitative estimate of drug-likeness (QED) is 0.195. The fourth-order valence-electron chi connectivity index (χ4n) is 6.67. The number of thioether (sulfide) groups is 1. The first-order valence-corrected chi connectivity index (χ1v) is 19.1. The lowest BCUT2D eigenvalue weighted by Crippen LogP contribution is -2.60. The average molecular weight is 694 g/mol. The number of carbonyl (C=O) groups is 5. The van der Waals surface area contributed by atoms with Crippen LogP contribution in [0.4, 0.5) is 0 Å². The van der Waals surface area contributed by atoms with Gasteiger partial charge in [0.1, 0.15) is 18.1 Å². The molecule has 12 heteroatoms. The van der Waals surface area contributed by atoms with Gasteiger partial charge in [0.15, 0.2) is 0 Å². The van der Waals surface area contributed by atoms with Gasteiger partial charge in [-0.05, 0) is 89.7 Å². The van der Waals surface area contributed by atoms with Gasteiger partial charge in [-0.15, -0.1) is 0 Å². The Balaban J connectivity index is 2.26. The zero-order chi connectivity index (χ0) is 36.3. The van der Waals surface area contributed by atoms with Crippen molar-refractivity contribution in [3.63, 3.8) is 0 Å². The molecule has 2 aliphatic rings. The van der Waals surface area contributed by atoms with Crippen LogP contribution in [-0.2, 0) is 28.7 Å². The van der Waals surface area contributed by atoms with Gasteiger partial charge in [-0.3, -0.25) is 24.1 Å². The van der Waals surface area contributed by atoms with Crippen molar-refractivity contribution in [3.8, 4) is 0 Å². The molecule has 274 valence electrons. The smallest absolute Gasteiger partial charge is 0.328 e. The van der Waals surface area contributed by atoms with Crippen LogP contribution in [0.3, 0.4) is 0 Å². The topological polar surface area (TPSA) is 128 Å². The minimum atomic E-state index is -0.771. The highest BCUT2D eigenvalue weighted by Crippen LogP contribution is 2.27. The van der Waals surface area contributed by atoms with Crippen LogP contribution in [0.1, 0.15) is 101 Å². The largest absolute Gasteiger partial charge is 0.464 e. The summed E-state index contributed by atoms with van der Waals surface area (Å²) in [5, 5.41) is 5.96. The lowest BCUT2D eigenvalue weighted by molar-refractivity contribution is -0.148. The van der Waals surface area contributed by atoms with Gasteiger partial charge in [0.05, 0.1) is 18.7 Å². The molecule has 0 aromatic heterocycles. The Kier molecular flexibility index (Phi) is 16.4. The molecule has 2 rings (SSSR count). The number of ether oxygens (including phenoxy) is 1. The Morgan fingerprint density at radius 2 is 1.58 bits per heavy atom. The zero-order valence-electron chi connectivity index (χ0n) is 31.4. The maximum Gasteiger partial charge on any atom is 0.328 e. The fraction of sp³-hybridized carbons (Fsp3) is 0.806. The summed E-state index contributed by atoms with van der Waals surface area (Å²) in [6, 6.07) is -2.71. The van der Waals surface area contributed by atoms with Crippen molar-refractivity contribution >= 4 is 41.4 Å². The van der Waals surface area contributed by atoms with Crippen molar-refractivity contribution in [2.24, 2.45) is 11.3 Å². The van der Waals surface area contributed by atoms with Crippen LogP contribution in [-0.4, -0.2) is 119 Å². The number of likely N-dealkylation sites (N-methyl/N-ethyl adjacent to an activating group) is 1. The highest BCUT2D eigenvalue weighted by molar-refractivity contribution is 7.98. The van der Waals surface area contributed by atoms with E-state index in [1.54, 1.807) is 48.5 Å². The van der Waals surface area contributed by atoms with Crippen molar-refractivity contribution in [1.82, 2.24) is 25.3 Å². The SMILES string of the molecule is CCOC(=O)C(CCSC)NC(=O)C1CCCN1C(=O)/C(C)=C/C(C(C)C)N(C)C(=O)C(NC(=O)[C@H]1CCCCN1C(C)C)C(C)(C)C. The molecule has 2 fully saturated rings. The predicted octanol–water partition coefficient (Wildman–Crippen LogP) is 4.00. The van der Waals surface area contributed by atoms with E-state index in [1.165, 1.54) is 0 Å². The second-order valence-electron chi connectivity index (χ2n) is 14.9. The van der Waals surface area contributed by atoms with Crippen molar-refractivity contribution in [3.05, 3.63) is 11.6 Å². The molecule has 2 N–H and O–H groups in total. The Morgan fingerprint density at radius 3 is 2.15 bits per heavy atom. The molecule has 2 aliphatic heterocycles. The number of likely N-dealkylation sites (tertiary alicyclic amines) is 2. The average Bonchev–Trinajstić information content (AvgIpc) is 3.52. The van der Waals surface area contributed by atoms with Gasteiger partial charge < -0.3 is 25.2 Å². The van der Waals surface area contributed by atoms with Gasteiger partial charge in [0.25, 0.3) is 0 Å². The molecule has 0 aromatic rings. The minimum Gasteiger partial charge on any atom is -0.464 e. The summed E-state index contributed by atoms with van der Waals surface area (Å²) in [7, 11) is 1.73. The maximum atomic E-state index is 14.2. The molecule has 0 radical (unpaired) electrons. The van der Waals surface area contributed by atoms with E-state index in [1.807, 2.05) is 40.9 Å². The summed E-state index contributed by atoms with van der Waals surface area (Å²) in [5.41, 5.74) is -0.120. The minimum absolute atomic E-state index is 0.0350. The molecular formula is C36H63N5O6S. The molecule has 0 aromatic carbocycles. The van der Waals surface area contributed by atoms with Gasteiger partial charge in [0.2, 0.25) is 23.6 Å². The van der Waals surface area contributed by atoms with Gasteiger partial charge in [-0.25, -0.2) is 4.79 Å². The summed E-state index contributed by atoms with van der Waals surface area (Å²) < 4.78 is 5.18. The zero-order valence-corrected chi connectivity index (χ0v) is 32.2. The van der Waals surface area contributed by atoms with E-state index in [-0.39, 0.29) is 48.2 Å². The second-order valence-corrected chi connectivity index (χ2v) is 15.9. The van der Waals surface area contributed by atoms with Gasteiger partial charge in [0, 0.05) is 25.2 Å². The number of hydrogen-bond donors (Lipinski definition) is 2. The number of nitrogens with zero attached hydrogens (tertiary/aromatic N) is 3. The number of piperidine rings is 1. The number of amides is 4. The Labute approximate surface area is 293 Å². The lowest BCUT2D eigenvalue weighted by atomic mass is 9.84. The third-order valence-electron chi connectivity index (χ3n) is 9.46. The van der Waals surface area contributed by atoms with Crippen LogP contribution in [0.2, 0.25) is 0 Å². The third-order valence-corrected chi connectivity index (χ3v) is 10.1. The molecule has 4 amide bonds. The summed E-state index contributed by atoms with van der Waals surface area (Å²) >= 11 is 1.58. The molecule has 48 heavy (non-hydrogen) atoms. The highest BCUT2D eigenvalue weighted by Gasteiger charge is 2.41. The second kappa shape index (κ2) is 19.0. The number of rotatable bonds is 15. The summed E-state index contributed by atoms with van der Waals surface area (Å²) in [6.07, 6.45) is 8.14. The molecule has 0 spiro atoms. The molecule has 5 atom stereocenters. The van der Waals surface area contributed by atoms with E-state index in [2.05, 4.69) is 29.4 Å². The monoisotopic (exact) mass is 693 g/mol. The molecule has 0 bridgehead atoms. The summed E-state index contributed by atoms with van der Waals surface area (Å²) in [4.78, 5) is 73.0. The number of esters is 1. The van der Waals surface area contributed by atoms with Crippen molar-refractivity contribution in [2.45, 2.75) is 137 Å². The Morgan fingerprint density at radius 1 is 0.958 bits per heavy atom. The van der Waals surface area contributed by atoms with Crippen LogP contribution >= 0.6 is 11.8 Å². The summed E-state index contributed by atoms with van der Waals surface area (Å²) in [5.74, 6) is -0.802. The number of nitrogens with one attached hydrogen (secondary N) is 2. The van der Waals surface area contributed by atoms with Crippen molar-refractivity contribution < 1.29 is 28.7 Å². The van der Waals surface area contributed by atoms with E-state index in [9.17, 15) is 24.0 Å². The molecule has 2 saturated heterocycles. The normalized spacial score (nSPS) is 21.1. The predicted molar refractivity (Wildman–Crippen MR) is 192 cm³/mol. The first kappa shape index (κ1) is 41.6. The molecule has 11 nitrogen and oxygen atoms in total. The number of hydrogen-bond acceptors (Lipinski definition) is 8. The van der Waals surface area contributed by atoms with Gasteiger partial charge in [-0.1, -0.05) is 47.1 Å². The van der Waals surface area contributed by atoms with Crippen molar-refractivity contribution in [2.75, 3.05) is 38.8 Å². The van der Waals surface area contributed by atoms with Crippen LogP contribution in [0, 0.1) is 11.3 Å². The van der Waals surface area contributed by atoms with Crippen LogP contribution in [0.5, 0.6) is 0 Å². The van der Waals surface area contributed by atoms with E-state index in [0.29, 0.717) is 37.1 Å². The van der Waals surface area contributed by atoms with Gasteiger partial charge >= 0.3 is 5.97 Å². The van der Waals surface area contributed by atoms with E-state index >= 15 is 0 Å². The van der Waals surface area contributed by atoms with Crippen LogP contribution < -0.4 is 10.6 Å². The third kappa shape index (κ3) is 11.2. The van der Waals surface area contributed by atoms with Crippen molar-refractivity contribution in [1.29, 1.82) is 0 Å². The van der Waals surface area contributed by atoms with Crippen LogP contribution in [0.25, 0.3) is 0 Å². The highest BCUT2D eigenvalue weighted by atomic mass is 32.2. The van der Waals surface area contributed by atoms with E-state index < -0.39 is 35.6 Å². The maximum absolute atomic E-state index is 14.2. The molecular weight excluding hydrogens is 630 g/mol. The Bertz CT molecular complexity index is 1150.